The summed E-state index contributed by atoms with van der Waals surface area (Å²) in [6.45, 7) is 9.32. The molecular formula is C13H24N2O2. The first-order valence-electron chi connectivity index (χ1n) is 6.37. The van der Waals surface area contributed by atoms with Gasteiger partial charge in [-0.25, -0.2) is 4.79 Å². The zero-order chi connectivity index (χ0) is 12.9. The molecule has 0 spiro atoms. The average Bonchev–Trinajstić information content (AvgIpc) is 2.24. The van der Waals surface area contributed by atoms with E-state index in [0.717, 1.165) is 19.4 Å². The minimum Gasteiger partial charge on any atom is -0.444 e. The molecule has 98 valence electrons. The molecule has 1 N–H and O–H groups in total. The van der Waals surface area contributed by atoms with Gasteiger partial charge in [0.2, 0.25) is 0 Å². The Morgan fingerprint density at radius 3 is 2.82 bits per heavy atom. The third-order valence-corrected chi connectivity index (χ3v) is 2.80. The van der Waals surface area contributed by atoms with Crippen molar-refractivity contribution in [1.82, 2.24) is 5.32 Å². The SMILES string of the molecule is CCC1CN=CC(CNC(=O)OC(C)(C)C)C1. The molecule has 0 aromatic heterocycles. The van der Waals surface area contributed by atoms with Gasteiger partial charge in [0.25, 0.3) is 0 Å². The molecule has 1 aliphatic rings. The number of carbonyl (C=O) groups is 1. The van der Waals surface area contributed by atoms with Crippen molar-refractivity contribution in [3.63, 3.8) is 0 Å². The molecule has 2 unspecified atom stereocenters. The Balaban J connectivity index is 2.29. The third-order valence-electron chi connectivity index (χ3n) is 2.80. The van der Waals surface area contributed by atoms with Crippen LogP contribution in [-0.2, 0) is 4.74 Å². The molecule has 0 bridgehead atoms. The lowest BCUT2D eigenvalue weighted by atomic mass is 9.91. The lowest BCUT2D eigenvalue weighted by molar-refractivity contribution is 0.0522. The van der Waals surface area contributed by atoms with Gasteiger partial charge in [0, 0.05) is 25.2 Å². The van der Waals surface area contributed by atoms with Crippen LogP contribution in [0, 0.1) is 11.8 Å². The molecule has 0 aromatic rings. The van der Waals surface area contributed by atoms with E-state index in [1.54, 1.807) is 0 Å². The number of nitrogens with one attached hydrogen (secondary N) is 1. The van der Waals surface area contributed by atoms with E-state index in [2.05, 4.69) is 17.2 Å². The smallest absolute Gasteiger partial charge is 0.407 e. The normalized spacial score (nSPS) is 24.5. The van der Waals surface area contributed by atoms with Crippen LogP contribution in [-0.4, -0.2) is 31.0 Å². The van der Waals surface area contributed by atoms with Crippen molar-refractivity contribution in [2.75, 3.05) is 13.1 Å². The second kappa shape index (κ2) is 6.03. The maximum absolute atomic E-state index is 11.5. The van der Waals surface area contributed by atoms with Crippen molar-refractivity contribution in [3.8, 4) is 0 Å². The molecule has 0 aromatic carbocycles. The van der Waals surface area contributed by atoms with E-state index in [1.807, 2.05) is 27.0 Å². The van der Waals surface area contributed by atoms with Crippen LogP contribution in [0.4, 0.5) is 4.79 Å². The number of alkyl carbamates (subject to hydrolysis) is 1. The lowest BCUT2D eigenvalue weighted by Gasteiger charge is -2.24. The van der Waals surface area contributed by atoms with Gasteiger partial charge in [-0.2, -0.15) is 0 Å². The summed E-state index contributed by atoms with van der Waals surface area (Å²) in [7, 11) is 0. The van der Waals surface area contributed by atoms with E-state index >= 15 is 0 Å². The Morgan fingerprint density at radius 1 is 1.53 bits per heavy atom. The van der Waals surface area contributed by atoms with Crippen molar-refractivity contribution in [1.29, 1.82) is 0 Å². The molecule has 1 heterocycles. The Hall–Kier alpha value is -1.06. The zero-order valence-corrected chi connectivity index (χ0v) is 11.3. The van der Waals surface area contributed by atoms with Gasteiger partial charge in [-0.15, -0.1) is 0 Å². The summed E-state index contributed by atoms with van der Waals surface area (Å²) in [6.07, 6.45) is 3.88. The number of ether oxygens (including phenoxy) is 1. The summed E-state index contributed by atoms with van der Waals surface area (Å²) < 4.78 is 5.19. The molecule has 1 rings (SSSR count). The van der Waals surface area contributed by atoms with Crippen molar-refractivity contribution in [2.45, 2.75) is 46.1 Å². The fraction of sp³-hybridized carbons (Fsp3) is 0.846. The number of nitrogens with zero attached hydrogens (tertiary/aromatic N) is 1. The summed E-state index contributed by atoms with van der Waals surface area (Å²) in [4.78, 5) is 15.8. The van der Waals surface area contributed by atoms with Crippen LogP contribution in [0.15, 0.2) is 4.99 Å². The Kier molecular flexibility index (Phi) is 4.97. The van der Waals surface area contributed by atoms with Gasteiger partial charge in [-0.1, -0.05) is 13.3 Å². The molecule has 4 nitrogen and oxygen atoms in total. The molecule has 4 heteroatoms. The monoisotopic (exact) mass is 240 g/mol. The quantitative estimate of drug-likeness (QED) is 0.824. The van der Waals surface area contributed by atoms with Crippen LogP contribution in [0.3, 0.4) is 0 Å². The topological polar surface area (TPSA) is 50.7 Å². The molecule has 2 atom stereocenters. The van der Waals surface area contributed by atoms with Gasteiger partial charge in [-0.05, 0) is 33.1 Å². The van der Waals surface area contributed by atoms with E-state index in [4.69, 9.17) is 4.74 Å². The average molecular weight is 240 g/mol. The molecule has 0 radical (unpaired) electrons. The van der Waals surface area contributed by atoms with Crippen LogP contribution in [0.2, 0.25) is 0 Å². The van der Waals surface area contributed by atoms with E-state index in [9.17, 15) is 4.79 Å². The first kappa shape index (κ1) is 14.0. The molecule has 17 heavy (non-hydrogen) atoms. The molecule has 0 saturated heterocycles. The predicted octanol–water partition coefficient (Wildman–Crippen LogP) is 2.63. The summed E-state index contributed by atoms with van der Waals surface area (Å²) in [6, 6.07) is 0. The summed E-state index contributed by atoms with van der Waals surface area (Å²) in [5.74, 6) is 1.01. The van der Waals surface area contributed by atoms with Crippen molar-refractivity contribution >= 4 is 12.3 Å². The predicted molar refractivity (Wildman–Crippen MR) is 69.5 cm³/mol. The zero-order valence-electron chi connectivity index (χ0n) is 11.3. The number of amides is 1. The van der Waals surface area contributed by atoms with Gasteiger partial charge < -0.3 is 10.1 Å². The number of hydrogen-bond acceptors (Lipinski definition) is 3. The second-order valence-electron chi connectivity index (χ2n) is 5.67. The fourth-order valence-electron chi connectivity index (χ4n) is 1.88. The van der Waals surface area contributed by atoms with Crippen LogP contribution in [0.25, 0.3) is 0 Å². The number of carbonyl (C=O) groups excluding carboxylic acids is 1. The van der Waals surface area contributed by atoms with Gasteiger partial charge in [0.05, 0.1) is 0 Å². The largest absolute Gasteiger partial charge is 0.444 e. The maximum atomic E-state index is 11.5. The minimum absolute atomic E-state index is 0.343. The number of aliphatic imine (C=N–C) groups is 1. The minimum atomic E-state index is -0.434. The van der Waals surface area contributed by atoms with E-state index < -0.39 is 5.60 Å². The van der Waals surface area contributed by atoms with Crippen molar-refractivity contribution < 1.29 is 9.53 Å². The molecule has 1 aliphatic heterocycles. The first-order valence-corrected chi connectivity index (χ1v) is 6.37. The molecular weight excluding hydrogens is 216 g/mol. The Morgan fingerprint density at radius 2 is 2.24 bits per heavy atom. The second-order valence-corrected chi connectivity index (χ2v) is 5.67. The highest BCUT2D eigenvalue weighted by atomic mass is 16.6. The molecule has 0 fully saturated rings. The van der Waals surface area contributed by atoms with E-state index in [-0.39, 0.29) is 6.09 Å². The Labute approximate surface area is 104 Å². The van der Waals surface area contributed by atoms with E-state index in [0.29, 0.717) is 18.4 Å². The van der Waals surface area contributed by atoms with E-state index in [1.165, 1.54) is 0 Å². The number of rotatable bonds is 3. The van der Waals surface area contributed by atoms with Crippen LogP contribution in [0.5, 0.6) is 0 Å². The molecule has 0 aliphatic carbocycles. The van der Waals surface area contributed by atoms with Crippen LogP contribution < -0.4 is 5.32 Å². The van der Waals surface area contributed by atoms with Gasteiger partial charge in [-0.3, -0.25) is 4.99 Å². The fourth-order valence-corrected chi connectivity index (χ4v) is 1.88. The Bertz CT molecular complexity index is 282. The summed E-state index contributed by atoms with van der Waals surface area (Å²) >= 11 is 0. The molecule has 0 saturated carbocycles. The lowest BCUT2D eigenvalue weighted by Crippen LogP contribution is -2.36. The number of hydrogen-bond donors (Lipinski definition) is 1. The van der Waals surface area contributed by atoms with Gasteiger partial charge >= 0.3 is 6.09 Å². The van der Waals surface area contributed by atoms with Crippen LogP contribution in [0.1, 0.15) is 40.5 Å². The van der Waals surface area contributed by atoms with Crippen LogP contribution >= 0.6 is 0 Å². The highest BCUT2D eigenvalue weighted by molar-refractivity contribution is 5.69. The maximum Gasteiger partial charge on any atom is 0.407 e. The van der Waals surface area contributed by atoms with Gasteiger partial charge in [0.15, 0.2) is 0 Å². The highest BCUT2D eigenvalue weighted by Gasteiger charge is 2.20. The van der Waals surface area contributed by atoms with Gasteiger partial charge in [0.1, 0.15) is 5.60 Å². The first-order chi connectivity index (χ1) is 7.90. The summed E-state index contributed by atoms with van der Waals surface area (Å²) in [5.41, 5.74) is -0.434. The highest BCUT2D eigenvalue weighted by Crippen LogP contribution is 2.18. The summed E-state index contributed by atoms with van der Waals surface area (Å²) in [5, 5.41) is 2.80. The third kappa shape index (κ3) is 5.71. The van der Waals surface area contributed by atoms with Crippen molar-refractivity contribution in [2.24, 2.45) is 16.8 Å². The standard InChI is InChI=1S/C13H24N2O2/c1-5-10-6-11(8-14-7-10)9-15-12(16)17-13(2,3)4/h8,10-11H,5-7,9H2,1-4H3,(H,15,16). The van der Waals surface area contributed by atoms with Crippen molar-refractivity contribution in [3.05, 3.63) is 0 Å². The molecule has 1 amide bonds.